The van der Waals surface area contributed by atoms with Crippen LogP contribution in [0, 0.1) is 12.7 Å². The van der Waals surface area contributed by atoms with Gasteiger partial charge in [0.25, 0.3) is 6.01 Å². The Morgan fingerprint density at radius 2 is 2.19 bits per heavy atom. The van der Waals surface area contributed by atoms with Gasteiger partial charge in [0.1, 0.15) is 5.82 Å². The quantitative estimate of drug-likeness (QED) is 0.876. The Morgan fingerprint density at radius 3 is 2.81 bits per heavy atom. The second kappa shape index (κ2) is 4.14. The predicted molar refractivity (Wildman–Crippen MR) is 60.3 cm³/mol. The first-order valence-electron chi connectivity index (χ1n) is 4.67. The van der Waals surface area contributed by atoms with Crippen LogP contribution < -0.4 is 4.74 Å². The summed E-state index contributed by atoms with van der Waals surface area (Å²) in [5.74, 6) is -0.298. The first-order valence-corrected chi connectivity index (χ1v) is 5.04. The van der Waals surface area contributed by atoms with Crippen LogP contribution in [0.3, 0.4) is 0 Å². The number of imidazole rings is 1. The molecule has 0 fully saturated rings. The molecule has 0 aliphatic heterocycles. The number of aromatic amines is 1. The molecule has 0 radical (unpaired) electrons. The van der Waals surface area contributed by atoms with Gasteiger partial charge in [0.15, 0.2) is 0 Å². The number of benzene rings is 1. The van der Waals surface area contributed by atoms with Crippen molar-refractivity contribution in [3.05, 3.63) is 34.7 Å². The van der Waals surface area contributed by atoms with Crippen molar-refractivity contribution in [3.63, 3.8) is 0 Å². The van der Waals surface area contributed by atoms with E-state index in [1.807, 2.05) is 0 Å². The lowest BCUT2D eigenvalue weighted by Crippen LogP contribution is -1.87. The molecule has 1 N–H and O–H groups in total. The Hall–Kier alpha value is -1.55. The zero-order valence-corrected chi connectivity index (χ0v) is 9.60. The van der Waals surface area contributed by atoms with E-state index in [1.54, 1.807) is 19.2 Å². The second-order valence-corrected chi connectivity index (χ2v) is 3.79. The molecule has 0 aliphatic carbocycles. The summed E-state index contributed by atoms with van der Waals surface area (Å²) in [7, 11) is 1.50. The van der Waals surface area contributed by atoms with Crippen molar-refractivity contribution < 1.29 is 9.13 Å². The average molecular weight is 241 g/mol. The molecule has 2 aromatic rings. The van der Waals surface area contributed by atoms with Gasteiger partial charge in [-0.05, 0) is 24.6 Å². The molecule has 0 amide bonds. The molecule has 16 heavy (non-hydrogen) atoms. The van der Waals surface area contributed by atoms with E-state index in [4.69, 9.17) is 16.3 Å². The van der Waals surface area contributed by atoms with Crippen LogP contribution in [0.1, 0.15) is 5.56 Å². The Morgan fingerprint density at radius 1 is 1.44 bits per heavy atom. The minimum absolute atomic E-state index is 0.298. The fourth-order valence-electron chi connectivity index (χ4n) is 1.40. The lowest BCUT2D eigenvalue weighted by Gasteiger charge is -2.04. The molecule has 1 aromatic heterocycles. The third-order valence-electron chi connectivity index (χ3n) is 2.28. The van der Waals surface area contributed by atoms with Crippen LogP contribution in [0.25, 0.3) is 11.3 Å². The van der Waals surface area contributed by atoms with Gasteiger partial charge in [0.2, 0.25) is 0 Å². The summed E-state index contributed by atoms with van der Waals surface area (Å²) in [5.41, 5.74) is 1.71. The van der Waals surface area contributed by atoms with E-state index in [0.29, 0.717) is 27.9 Å². The summed E-state index contributed by atoms with van der Waals surface area (Å²) in [6.07, 6.45) is 1.55. The van der Waals surface area contributed by atoms with Gasteiger partial charge in [-0.1, -0.05) is 11.6 Å². The zero-order valence-electron chi connectivity index (χ0n) is 8.84. The lowest BCUT2D eigenvalue weighted by atomic mass is 10.1. The summed E-state index contributed by atoms with van der Waals surface area (Å²) < 4.78 is 18.3. The van der Waals surface area contributed by atoms with Gasteiger partial charge in [-0.25, -0.2) is 9.37 Å². The first kappa shape index (κ1) is 11.0. The standard InChI is InChI=1S/C11H10ClFN2O/c1-6-3-8(12)7(4-9(6)13)10-5-14-11(15-10)16-2/h3-5H,1-2H3,(H,14,15). The van der Waals surface area contributed by atoms with Crippen LogP contribution in [0.2, 0.25) is 5.02 Å². The molecule has 3 nitrogen and oxygen atoms in total. The van der Waals surface area contributed by atoms with Crippen LogP contribution in [0.4, 0.5) is 4.39 Å². The number of halogens is 2. The highest BCUT2D eigenvalue weighted by Crippen LogP contribution is 2.29. The van der Waals surface area contributed by atoms with Crippen molar-refractivity contribution in [1.29, 1.82) is 0 Å². The predicted octanol–water partition coefficient (Wildman–Crippen LogP) is 3.19. The molecule has 0 spiro atoms. The number of aryl methyl sites for hydroxylation is 1. The molecule has 0 bridgehead atoms. The van der Waals surface area contributed by atoms with E-state index in [0.717, 1.165) is 0 Å². The Balaban J connectivity index is 2.51. The summed E-state index contributed by atoms with van der Waals surface area (Å²) in [6.45, 7) is 1.67. The molecule has 5 heteroatoms. The second-order valence-electron chi connectivity index (χ2n) is 3.39. The Bertz CT molecular complexity index is 525. The molecule has 0 atom stereocenters. The summed E-state index contributed by atoms with van der Waals surface area (Å²) in [4.78, 5) is 6.83. The van der Waals surface area contributed by atoms with Gasteiger partial charge >= 0.3 is 0 Å². The molecular weight excluding hydrogens is 231 g/mol. The maximum absolute atomic E-state index is 13.4. The molecule has 0 unspecified atom stereocenters. The molecule has 0 saturated carbocycles. The molecule has 1 aromatic carbocycles. The summed E-state index contributed by atoms with van der Waals surface area (Å²) >= 11 is 6.03. The summed E-state index contributed by atoms with van der Waals surface area (Å²) in [5, 5.41) is 0.477. The molecular formula is C11H10ClFN2O. The van der Waals surface area contributed by atoms with E-state index < -0.39 is 0 Å². The third kappa shape index (κ3) is 1.88. The SMILES string of the molecule is COc1ncc(-c2cc(F)c(C)cc2Cl)[nH]1. The highest BCUT2D eigenvalue weighted by atomic mass is 35.5. The van der Waals surface area contributed by atoms with Crippen molar-refractivity contribution in [2.45, 2.75) is 6.92 Å². The number of H-pyrrole nitrogens is 1. The fourth-order valence-corrected chi connectivity index (χ4v) is 1.72. The van der Waals surface area contributed by atoms with Crippen molar-refractivity contribution >= 4 is 11.6 Å². The zero-order chi connectivity index (χ0) is 11.7. The highest BCUT2D eigenvalue weighted by Gasteiger charge is 2.10. The molecule has 0 aliphatic rings. The number of hydrogen-bond donors (Lipinski definition) is 1. The topological polar surface area (TPSA) is 37.9 Å². The van der Waals surface area contributed by atoms with Crippen molar-refractivity contribution in [2.24, 2.45) is 0 Å². The smallest absolute Gasteiger partial charge is 0.293 e. The number of rotatable bonds is 2. The summed E-state index contributed by atoms with van der Waals surface area (Å²) in [6, 6.07) is 3.33. The number of aromatic nitrogens is 2. The van der Waals surface area contributed by atoms with Crippen LogP contribution in [0.5, 0.6) is 6.01 Å². The Kier molecular flexibility index (Phi) is 2.83. The van der Waals surface area contributed by atoms with E-state index in [-0.39, 0.29) is 5.82 Å². The van der Waals surface area contributed by atoms with E-state index in [2.05, 4.69) is 9.97 Å². The van der Waals surface area contributed by atoms with E-state index in [9.17, 15) is 4.39 Å². The molecule has 1 heterocycles. The van der Waals surface area contributed by atoms with Gasteiger partial charge in [0.05, 0.1) is 24.0 Å². The minimum atomic E-state index is -0.298. The maximum Gasteiger partial charge on any atom is 0.293 e. The largest absolute Gasteiger partial charge is 0.468 e. The monoisotopic (exact) mass is 240 g/mol. The maximum atomic E-state index is 13.4. The highest BCUT2D eigenvalue weighted by molar-refractivity contribution is 6.33. The van der Waals surface area contributed by atoms with Crippen LogP contribution in [0.15, 0.2) is 18.3 Å². The van der Waals surface area contributed by atoms with Gasteiger partial charge in [-0.15, -0.1) is 0 Å². The van der Waals surface area contributed by atoms with Crippen LogP contribution in [-0.2, 0) is 0 Å². The lowest BCUT2D eigenvalue weighted by molar-refractivity contribution is 0.384. The van der Waals surface area contributed by atoms with Crippen molar-refractivity contribution in [2.75, 3.05) is 7.11 Å². The third-order valence-corrected chi connectivity index (χ3v) is 2.60. The first-order chi connectivity index (χ1) is 7.61. The normalized spacial score (nSPS) is 10.5. The molecule has 84 valence electrons. The van der Waals surface area contributed by atoms with E-state index >= 15 is 0 Å². The van der Waals surface area contributed by atoms with Crippen LogP contribution >= 0.6 is 11.6 Å². The van der Waals surface area contributed by atoms with Crippen LogP contribution in [-0.4, -0.2) is 17.1 Å². The van der Waals surface area contributed by atoms with Crippen molar-refractivity contribution in [3.8, 4) is 17.3 Å². The van der Waals surface area contributed by atoms with Crippen molar-refractivity contribution in [1.82, 2.24) is 9.97 Å². The number of nitrogens with one attached hydrogen (secondary N) is 1. The fraction of sp³-hybridized carbons (Fsp3) is 0.182. The van der Waals surface area contributed by atoms with E-state index in [1.165, 1.54) is 13.2 Å². The average Bonchev–Trinajstić information content (AvgIpc) is 2.71. The van der Waals surface area contributed by atoms with Gasteiger partial charge in [-0.3, -0.25) is 0 Å². The van der Waals surface area contributed by atoms with Gasteiger partial charge < -0.3 is 9.72 Å². The van der Waals surface area contributed by atoms with Gasteiger partial charge in [0, 0.05) is 5.56 Å². The molecule has 0 saturated heterocycles. The number of methoxy groups -OCH3 is 1. The molecule has 2 rings (SSSR count). The number of hydrogen-bond acceptors (Lipinski definition) is 2. The van der Waals surface area contributed by atoms with Gasteiger partial charge in [-0.2, -0.15) is 0 Å². The number of ether oxygens (including phenoxy) is 1. The Labute approximate surface area is 97.2 Å². The number of nitrogens with zero attached hydrogens (tertiary/aromatic N) is 1. The minimum Gasteiger partial charge on any atom is -0.468 e.